The molecule has 0 saturated carbocycles. The number of fused-ring (bicyclic) bond motifs is 1. The Bertz CT molecular complexity index is 901. The molecule has 1 aliphatic heterocycles. The molecule has 0 unspecified atom stereocenters. The molecule has 1 aromatic heterocycles. The lowest BCUT2D eigenvalue weighted by Crippen LogP contribution is -2.46. The van der Waals surface area contributed by atoms with E-state index in [9.17, 15) is 4.79 Å². The smallest absolute Gasteiger partial charge is 0.321 e. The summed E-state index contributed by atoms with van der Waals surface area (Å²) in [7, 11) is 2.12. The van der Waals surface area contributed by atoms with Crippen LogP contribution < -0.4 is 5.32 Å². The zero-order valence-electron chi connectivity index (χ0n) is 15.5. The second kappa shape index (κ2) is 7.80. The molecule has 4 rings (SSSR count). The largest absolute Gasteiger partial charge is 0.356 e. The van der Waals surface area contributed by atoms with Crippen LogP contribution in [-0.2, 0) is 6.54 Å². The number of anilines is 1. The number of benzene rings is 2. The predicted molar refractivity (Wildman–Crippen MR) is 106 cm³/mol. The van der Waals surface area contributed by atoms with Crippen molar-refractivity contribution in [2.45, 2.75) is 25.4 Å². The summed E-state index contributed by atoms with van der Waals surface area (Å²) in [5.41, 5.74) is 2.63. The van der Waals surface area contributed by atoms with Crippen molar-refractivity contribution in [2.75, 3.05) is 25.5 Å². The molecule has 6 heteroatoms. The SMILES string of the molecule is CN(Cc1noc2ccccc12)C1CCN(C(=O)Nc2ccccc2)CC1. The summed E-state index contributed by atoms with van der Waals surface area (Å²) < 4.78 is 5.40. The van der Waals surface area contributed by atoms with Gasteiger partial charge in [-0.2, -0.15) is 0 Å². The average Bonchev–Trinajstić information content (AvgIpc) is 3.12. The molecule has 2 heterocycles. The number of urea groups is 1. The van der Waals surface area contributed by atoms with E-state index in [1.807, 2.05) is 59.5 Å². The third kappa shape index (κ3) is 3.95. The lowest BCUT2D eigenvalue weighted by atomic mass is 10.0. The molecule has 6 nitrogen and oxygen atoms in total. The number of rotatable bonds is 4. The maximum absolute atomic E-state index is 12.4. The van der Waals surface area contributed by atoms with E-state index in [2.05, 4.69) is 22.4 Å². The van der Waals surface area contributed by atoms with Gasteiger partial charge in [-0.05, 0) is 44.2 Å². The van der Waals surface area contributed by atoms with Gasteiger partial charge in [0.15, 0.2) is 5.58 Å². The van der Waals surface area contributed by atoms with Crippen molar-refractivity contribution in [3.8, 4) is 0 Å². The highest BCUT2D eigenvalue weighted by molar-refractivity contribution is 5.89. The van der Waals surface area contributed by atoms with Gasteiger partial charge in [-0.3, -0.25) is 4.90 Å². The van der Waals surface area contributed by atoms with Gasteiger partial charge < -0.3 is 14.7 Å². The average molecular weight is 364 g/mol. The van der Waals surface area contributed by atoms with Crippen LogP contribution in [0.25, 0.3) is 11.0 Å². The van der Waals surface area contributed by atoms with Gasteiger partial charge in [-0.15, -0.1) is 0 Å². The molecule has 1 N–H and O–H groups in total. The Kier molecular flexibility index (Phi) is 5.07. The summed E-state index contributed by atoms with van der Waals surface area (Å²) in [5.74, 6) is 0. The highest BCUT2D eigenvalue weighted by Gasteiger charge is 2.26. The number of aromatic nitrogens is 1. The monoisotopic (exact) mass is 364 g/mol. The van der Waals surface area contributed by atoms with Crippen LogP contribution in [0.15, 0.2) is 59.1 Å². The lowest BCUT2D eigenvalue weighted by Gasteiger charge is -2.36. The Balaban J connectivity index is 1.31. The number of nitrogens with one attached hydrogen (secondary N) is 1. The van der Waals surface area contributed by atoms with E-state index in [1.54, 1.807) is 0 Å². The Hall–Kier alpha value is -2.86. The first kappa shape index (κ1) is 17.5. The first-order valence-electron chi connectivity index (χ1n) is 9.35. The fraction of sp³-hybridized carbons (Fsp3) is 0.333. The highest BCUT2D eigenvalue weighted by atomic mass is 16.5. The van der Waals surface area contributed by atoms with Crippen LogP contribution in [0, 0.1) is 0 Å². The Morgan fingerprint density at radius 2 is 1.85 bits per heavy atom. The summed E-state index contributed by atoms with van der Waals surface area (Å²) in [6.07, 6.45) is 1.91. The number of para-hydroxylation sites is 2. The summed E-state index contributed by atoms with van der Waals surface area (Å²) in [4.78, 5) is 16.6. The van der Waals surface area contributed by atoms with Crippen LogP contribution in [-0.4, -0.2) is 47.2 Å². The zero-order valence-corrected chi connectivity index (χ0v) is 15.5. The van der Waals surface area contributed by atoms with Crippen molar-refractivity contribution < 1.29 is 9.32 Å². The van der Waals surface area contributed by atoms with E-state index in [1.165, 1.54) is 0 Å². The van der Waals surface area contributed by atoms with Crippen molar-refractivity contribution in [1.29, 1.82) is 0 Å². The van der Waals surface area contributed by atoms with Gasteiger partial charge in [0.05, 0.1) is 0 Å². The molecule has 1 saturated heterocycles. The number of carbonyl (C=O) groups excluding carboxylic acids is 1. The van der Waals surface area contributed by atoms with Gasteiger partial charge in [0, 0.05) is 36.7 Å². The molecule has 0 spiro atoms. The Labute approximate surface area is 158 Å². The molecular formula is C21H24N4O2. The molecule has 0 radical (unpaired) electrons. The molecule has 0 bridgehead atoms. The van der Waals surface area contributed by atoms with Crippen LogP contribution >= 0.6 is 0 Å². The Morgan fingerprint density at radius 1 is 1.15 bits per heavy atom. The van der Waals surface area contributed by atoms with Gasteiger partial charge in [0.25, 0.3) is 0 Å². The van der Waals surface area contributed by atoms with Gasteiger partial charge in [0.1, 0.15) is 5.69 Å². The fourth-order valence-electron chi connectivity index (χ4n) is 3.65. The van der Waals surface area contributed by atoms with Crippen LogP contribution in [0.5, 0.6) is 0 Å². The van der Waals surface area contributed by atoms with E-state index >= 15 is 0 Å². The first-order valence-corrected chi connectivity index (χ1v) is 9.35. The van der Waals surface area contributed by atoms with Gasteiger partial charge in [0.2, 0.25) is 0 Å². The van der Waals surface area contributed by atoms with Crippen molar-refractivity contribution in [1.82, 2.24) is 15.0 Å². The normalized spacial score (nSPS) is 15.4. The molecule has 0 aliphatic carbocycles. The minimum Gasteiger partial charge on any atom is -0.356 e. The van der Waals surface area contributed by atoms with Crippen molar-refractivity contribution in [3.05, 3.63) is 60.3 Å². The minimum atomic E-state index is -0.0233. The standard InChI is InChI=1S/C21H24N4O2/c1-24(15-19-18-9-5-6-10-20(18)27-23-19)17-11-13-25(14-12-17)21(26)22-16-7-3-2-4-8-16/h2-10,17H,11-15H2,1H3,(H,22,26). The molecular weight excluding hydrogens is 340 g/mol. The second-order valence-electron chi connectivity index (χ2n) is 7.05. The van der Waals surface area contributed by atoms with Gasteiger partial charge in [-0.25, -0.2) is 4.79 Å². The minimum absolute atomic E-state index is 0.0233. The third-order valence-corrected chi connectivity index (χ3v) is 5.25. The van der Waals surface area contributed by atoms with E-state index in [0.29, 0.717) is 6.04 Å². The van der Waals surface area contributed by atoms with E-state index in [-0.39, 0.29) is 6.03 Å². The van der Waals surface area contributed by atoms with Gasteiger partial charge in [-0.1, -0.05) is 35.5 Å². The van der Waals surface area contributed by atoms with Crippen molar-refractivity contribution in [3.63, 3.8) is 0 Å². The lowest BCUT2D eigenvalue weighted by molar-refractivity contribution is 0.135. The van der Waals surface area contributed by atoms with E-state index in [4.69, 9.17) is 4.52 Å². The molecule has 1 fully saturated rings. The highest BCUT2D eigenvalue weighted by Crippen LogP contribution is 2.22. The molecule has 0 atom stereocenters. The fourth-order valence-corrected chi connectivity index (χ4v) is 3.65. The number of hydrogen-bond acceptors (Lipinski definition) is 4. The predicted octanol–water partition coefficient (Wildman–Crippen LogP) is 3.96. The van der Waals surface area contributed by atoms with E-state index in [0.717, 1.165) is 54.8 Å². The van der Waals surface area contributed by atoms with Crippen LogP contribution in [0.2, 0.25) is 0 Å². The third-order valence-electron chi connectivity index (χ3n) is 5.25. The molecule has 140 valence electrons. The van der Waals surface area contributed by atoms with Crippen molar-refractivity contribution in [2.24, 2.45) is 0 Å². The molecule has 2 aromatic carbocycles. The topological polar surface area (TPSA) is 61.6 Å². The zero-order chi connectivity index (χ0) is 18.6. The Morgan fingerprint density at radius 3 is 2.63 bits per heavy atom. The number of carbonyl (C=O) groups is 1. The van der Waals surface area contributed by atoms with Crippen LogP contribution in [0.3, 0.4) is 0 Å². The number of nitrogens with zero attached hydrogens (tertiary/aromatic N) is 3. The summed E-state index contributed by atoms with van der Waals surface area (Å²) >= 11 is 0. The summed E-state index contributed by atoms with van der Waals surface area (Å²) in [6, 6.07) is 17.9. The summed E-state index contributed by atoms with van der Waals surface area (Å²) in [5, 5.41) is 8.27. The van der Waals surface area contributed by atoms with Crippen LogP contribution in [0.4, 0.5) is 10.5 Å². The molecule has 27 heavy (non-hydrogen) atoms. The molecule has 1 aliphatic rings. The quantitative estimate of drug-likeness (QED) is 0.761. The number of likely N-dealkylation sites (tertiary alicyclic amines) is 1. The maximum atomic E-state index is 12.4. The van der Waals surface area contributed by atoms with Gasteiger partial charge >= 0.3 is 6.03 Å². The second-order valence-corrected chi connectivity index (χ2v) is 7.05. The number of hydrogen-bond donors (Lipinski definition) is 1. The number of piperidine rings is 1. The summed E-state index contributed by atoms with van der Waals surface area (Å²) in [6.45, 7) is 2.26. The molecule has 3 aromatic rings. The first-order chi connectivity index (χ1) is 13.2. The maximum Gasteiger partial charge on any atom is 0.321 e. The van der Waals surface area contributed by atoms with Crippen molar-refractivity contribution >= 4 is 22.7 Å². The molecule has 2 amide bonds. The van der Waals surface area contributed by atoms with E-state index < -0.39 is 0 Å². The number of amides is 2. The van der Waals surface area contributed by atoms with Crippen LogP contribution in [0.1, 0.15) is 18.5 Å².